The summed E-state index contributed by atoms with van der Waals surface area (Å²) in [6, 6.07) is 5.37. The van der Waals surface area contributed by atoms with Crippen LogP contribution in [0.4, 0.5) is 4.39 Å². The van der Waals surface area contributed by atoms with E-state index in [1.807, 2.05) is 6.07 Å². The normalized spacial score (nSPS) is 13.2. The molecule has 1 N–H and O–H groups in total. The molecule has 218 valence electrons. The number of halogens is 1. The number of nitriles is 1. The van der Waals surface area contributed by atoms with Crippen LogP contribution in [0.3, 0.4) is 0 Å². The summed E-state index contributed by atoms with van der Waals surface area (Å²) in [6.07, 6.45) is 0.275. The van der Waals surface area contributed by atoms with Crippen molar-refractivity contribution in [1.82, 2.24) is 14.5 Å². The van der Waals surface area contributed by atoms with E-state index in [2.05, 4.69) is 10.5 Å². The van der Waals surface area contributed by atoms with E-state index >= 15 is 0 Å². The molecule has 40 heavy (non-hydrogen) atoms. The van der Waals surface area contributed by atoms with Crippen molar-refractivity contribution in [3.05, 3.63) is 62.2 Å². The van der Waals surface area contributed by atoms with Crippen molar-refractivity contribution < 1.29 is 23.5 Å². The SMILES string of the molecule is COc1ccc(F)cc1C(Cn1cc(C(C)=NOC(C)C)c(=O)n(CC(C)NC(=O)C(C)C)c1=O)OCCC#N. The molecule has 0 radical (unpaired) electrons. The minimum absolute atomic E-state index is 0.0169. The Bertz CT molecular complexity index is 1360. The molecule has 1 amide bonds. The maximum absolute atomic E-state index is 14.3. The number of benzene rings is 1. The highest BCUT2D eigenvalue weighted by Crippen LogP contribution is 2.30. The number of rotatable bonds is 14. The number of hydrogen-bond acceptors (Lipinski definition) is 8. The number of nitrogens with one attached hydrogen (secondary N) is 1. The molecule has 0 aliphatic heterocycles. The fourth-order valence-corrected chi connectivity index (χ4v) is 3.78. The van der Waals surface area contributed by atoms with Gasteiger partial charge in [-0.05, 0) is 45.9 Å². The molecule has 1 heterocycles. The van der Waals surface area contributed by atoms with E-state index in [4.69, 9.17) is 19.6 Å². The second-order valence-electron chi connectivity index (χ2n) is 9.94. The Balaban J connectivity index is 2.67. The van der Waals surface area contributed by atoms with E-state index in [1.165, 1.54) is 36.1 Å². The number of aromatic nitrogens is 2. The Morgan fingerprint density at radius 3 is 2.48 bits per heavy atom. The molecule has 0 aliphatic carbocycles. The third-order valence-corrected chi connectivity index (χ3v) is 5.83. The molecule has 0 aliphatic rings. The molecular weight excluding hydrogens is 521 g/mol. The van der Waals surface area contributed by atoms with Crippen LogP contribution in [0.25, 0.3) is 0 Å². The molecule has 2 unspecified atom stereocenters. The molecule has 1 aromatic heterocycles. The van der Waals surface area contributed by atoms with Gasteiger partial charge in [0.05, 0.1) is 50.6 Å². The van der Waals surface area contributed by atoms with Crippen LogP contribution in [0.15, 0.2) is 39.1 Å². The van der Waals surface area contributed by atoms with Gasteiger partial charge in [-0.2, -0.15) is 5.26 Å². The van der Waals surface area contributed by atoms with Crippen molar-refractivity contribution in [2.45, 2.75) is 79.3 Å². The molecule has 11 nitrogen and oxygen atoms in total. The van der Waals surface area contributed by atoms with Crippen molar-refractivity contribution >= 4 is 11.6 Å². The zero-order valence-electron chi connectivity index (χ0n) is 24.1. The van der Waals surface area contributed by atoms with Crippen LogP contribution in [-0.4, -0.2) is 46.6 Å². The minimum Gasteiger partial charge on any atom is -0.496 e. The van der Waals surface area contributed by atoms with E-state index < -0.39 is 29.2 Å². The van der Waals surface area contributed by atoms with Gasteiger partial charge in [0.15, 0.2) is 0 Å². The number of amides is 1. The predicted molar refractivity (Wildman–Crippen MR) is 148 cm³/mol. The van der Waals surface area contributed by atoms with E-state index in [1.54, 1.807) is 41.5 Å². The Morgan fingerprint density at radius 1 is 1.18 bits per heavy atom. The smallest absolute Gasteiger partial charge is 0.331 e. The lowest BCUT2D eigenvalue weighted by molar-refractivity contribution is -0.124. The molecule has 1 aromatic carbocycles. The summed E-state index contributed by atoms with van der Waals surface area (Å²) in [5.74, 6) is -0.703. The average molecular weight is 560 g/mol. The van der Waals surface area contributed by atoms with Crippen LogP contribution in [0, 0.1) is 23.1 Å². The summed E-state index contributed by atoms with van der Waals surface area (Å²) in [4.78, 5) is 44.6. The van der Waals surface area contributed by atoms with Gasteiger partial charge in [0.25, 0.3) is 5.56 Å². The monoisotopic (exact) mass is 559 g/mol. The molecule has 0 fully saturated rings. The first kappa shape index (κ1) is 32.2. The summed E-state index contributed by atoms with van der Waals surface area (Å²) in [7, 11) is 1.43. The highest BCUT2D eigenvalue weighted by atomic mass is 19.1. The maximum atomic E-state index is 14.3. The first-order chi connectivity index (χ1) is 18.9. The Morgan fingerprint density at radius 2 is 1.88 bits per heavy atom. The molecular formula is C28H38FN5O6. The third kappa shape index (κ3) is 8.77. The van der Waals surface area contributed by atoms with Gasteiger partial charge < -0.3 is 19.6 Å². The first-order valence-corrected chi connectivity index (χ1v) is 13.1. The second kappa shape index (κ2) is 15.0. The molecule has 0 saturated carbocycles. The molecule has 0 bridgehead atoms. The number of ether oxygens (including phenoxy) is 2. The Kier molecular flexibility index (Phi) is 12.1. The summed E-state index contributed by atoms with van der Waals surface area (Å²) in [5, 5.41) is 15.8. The van der Waals surface area contributed by atoms with Crippen molar-refractivity contribution in [1.29, 1.82) is 5.26 Å². The van der Waals surface area contributed by atoms with E-state index in [9.17, 15) is 18.8 Å². The van der Waals surface area contributed by atoms with Crippen molar-refractivity contribution in [2.24, 2.45) is 11.1 Å². The van der Waals surface area contributed by atoms with Gasteiger partial charge in [-0.3, -0.25) is 18.7 Å². The molecule has 0 spiro atoms. The van der Waals surface area contributed by atoms with E-state index in [-0.39, 0.29) is 55.3 Å². The summed E-state index contributed by atoms with van der Waals surface area (Å²) < 4.78 is 27.8. The van der Waals surface area contributed by atoms with Gasteiger partial charge in [-0.1, -0.05) is 19.0 Å². The molecule has 2 aromatic rings. The van der Waals surface area contributed by atoms with E-state index in [0.29, 0.717) is 11.3 Å². The standard InChI is InChI=1S/C28H38FN5O6/c1-17(2)26(35)31-19(5)14-34-27(36)23(20(6)32-40-18(3)4)15-33(28(34)37)16-25(39-12-8-11-30)22-13-21(29)9-10-24(22)38-7/h9-10,13,15,17-19,25H,8,12,14,16H2,1-7H3,(H,31,35). The Labute approximate surface area is 233 Å². The van der Waals surface area contributed by atoms with Crippen LogP contribution in [-0.2, 0) is 27.5 Å². The number of carbonyl (C=O) groups is 1. The third-order valence-electron chi connectivity index (χ3n) is 5.83. The topological polar surface area (TPSA) is 137 Å². The number of nitrogens with zero attached hydrogens (tertiary/aromatic N) is 4. The lowest BCUT2D eigenvalue weighted by Crippen LogP contribution is -2.48. The highest BCUT2D eigenvalue weighted by molar-refractivity contribution is 5.97. The van der Waals surface area contributed by atoms with Gasteiger partial charge in [-0.15, -0.1) is 0 Å². The number of oxime groups is 1. The van der Waals surface area contributed by atoms with Crippen molar-refractivity contribution in [2.75, 3.05) is 13.7 Å². The summed E-state index contributed by atoms with van der Waals surface area (Å²) >= 11 is 0. The van der Waals surface area contributed by atoms with Crippen LogP contribution in [0.5, 0.6) is 5.75 Å². The first-order valence-electron chi connectivity index (χ1n) is 13.1. The highest BCUT2D eigenvalue weighted by Gasteiger charge is 2.23. The number of carbonyl (C=O) groups excluding carboxylic acids is 1. The summed E-state index contributed by atoms with van der Waals surface area (Å²) in [6.45, 7) is 10.1. The molecule has 2 rings (SSSR count). The molecule has 0 saturated heterocycles. The van der Waals surface area contributed by atoms with Crippen LogP contribution < -0.4 is 21.3 Å². The second-order valence-corrected chi connectivity index (χ2v) is 9.94. The molecule has 2 atom stereocenters. The Hall–Kier alpha value is -3.98. The van der Waals surface area contributed by atoms with Crippen LogP contribution in [0.1, 0.15) is 65.2 Å². The van der Waals surface area contributed by atoms with Gasteiger partial charge >= 0.3 is 5.69 Å². The van der Waals surface area contributed by atoms with Crippen molar-refractivity contribution in [3.63, 3.8) is 0 Å². The summed E-state index contributed by atoms with van der Waals surface area (Å²) in [5.41, 5.74) is -0.597. The van der Waals surface area contributed by atoms with Crippen molar-refractivity contribution in [3.8, 4) is 11.8 Å². The number of hydrogen-bond donors (Lipinski definition) is 1. The van der Waals surface area contributed by atoms with Gasteiger partial charge in [0.1, 0.15) is 23.8 Å². The lowest BCUT2D eigenvalue weighted by Gasteiger charge is -2.23. The van der Waals surface area contributed by atoms with Gasteiger partial charge in [-0.25, -0.2) is 9.18 Å². The largest absolute Gasteiger partial charge is 0.496 e. The van der Waals surface area contributed by atoms with E-state index in [0.717, 1.165) is 4.57 Å². The predicted octanol–water partition coefficient (Wildman–Crippen LogP) is 3.14. The quantitative estimate of drug-likeness (QED) is 0.213. The minimum atomic E-state index is -0.905. The van der Waals surface area contributed by atoms with Gasteiger partial charge in [0, 0.05) is 23.7 Å². The molecule has 12 heteroatoms. The number of methoxy groups -OCH3 is 1. The maximum Gasteiger partial charge on any atom is 0.331 e. The zero-order valence-corrected chi connectivity index (χ0v) is 24.1. The fourth-order valence-electron chi connectivity index (χ4n) is 3.78. The zero-order chi connectivity index (χ0) is 30.0. The van der Waals surface area contributed by atoms with Crippen LogP contribution >= 0.6 is 0 Å². The lowest BCUT2D eigenvalue weighted by atomic mass is 10.1. The van der Waals surface area contributed by atoms with Crippen LogP contribution in [0.2, 0.25) is 0 Å². The van der Waals surface area contributed by atoms with Gasteiger partial charge in [0.2, 0.25) is 5.91 Å². The fraction of sp³-hybridized carbons (Fsp3) is 0.536. The average Bonchev–Trinajstić information content (AvgIpc) is 2.90.